The summed E-state index contributed by atoms with van der Waals surface area (Å²) in [5.41, 5.74) is 0.583. The third kappa shape index (κ3) is 5.43. The van der Waals surface area contributed by atoms with Crippen molar-refractivity contribution in [1.82, 2.24) is 0 Å². The topological polar surface area (TPSA) is 99.9 Å². The maximum atomic E-state index is 12.3. The summed E-state index contributed by atoms with van der Waals surface area (Å²) in [5, 5.41) is 13.4. The summed E-state index contributed by atoms with van der Waals surface area (Å²) in [6.07, 6.45) is 1.47. The van der Waals surface area contributed by atoms with E-state index in [1.165, 1.54) is 24.3 Å². The average Bonchev–Trinajstić information content (AvgIpc) is 3.21. The summed E-state index contributed by atoms with van der Waals surface area (Å²) in [5.74, 6) is 0.765. The molecule has 1 aliphatic heterocycles. The molecule has 1 N–H and O–H groups in total. The van der Waals surface area contributed by atoms with Crippen molar-refractivity contribution >= 4 is 17.3 Å². The van der Waals surface area contributed by atoms with Crippen molar-refractivity contribution in [2.24, 2.45) is 0 Å². The Balaban J connectivity index is 1.48. The van der Waals surface area contributed by atoms with Gasteiger partial charge in [0.25, 0.3) is 11.6 Å². The monoisotopic (exact) mass is 386 g/mol. The summed E-state index contributed by atoms with van der Waals surface area (Å²) >= 11 is 0. The zero-order chi connectivity index (χ0) is 19.9. The van der Waals surface area contributed by atoms with Gasteiger partial charge in [-0.3, -0.25) is 14.9 Å². The van der Waals surface area contributed by atoms with Crippen molar-refractivity contribution in [3.05, 3.63) is 58.6 Å². The van der Waals surface area contributed by atoms with Crippen LogP contribution in [0.25, 0.3) is 0 Å². The van der Waals surface area contributed by atoms with Crippen LogP contribution in [-0.2, 0) is 9.53 Å². The second-order valence-electron chi connectivity index (χ2n) is 6.47. The second kappa shape index (κ2) is 9.18. The fourth-order valence-electron chi connectivity index (χ4n) is 2.75. The molecule has 0 saturated carbocycles. The number of non-ortho nitro benzene ring substituents is 1. The molecule has 1 heterocycles. The van der Waals surface area contributed by atoms with E-state index in [4.69, 9.17) is 14.2 Å². The van der Waals surface area contributed by atoms with Gasteiger partial charge < -0.3 is 19.5 Å². The van der Waals surface area contributed by atoms with E-state index in [-0.39, 0.29) is 17.7 Å². The predicted molar refractivity (Wildman–Crippen MR) is 103 cm³/mol. The largest absolute Gasteiger partial charge is 0.491 e. The number of nitrogens with zero attached hydrogens (tertiary/aromatic N) is 1. The fraction of sp³-hybridized carbons (Fsp3) is 0.350. The van der Waals surface area contributed by atoms with Gasteiger partial charge in [-0.15, -0.1) is 0 Å². The normalized spacial score (nSPS) is 17.0. The molecular formula is C20H22N2O6. The number of anilines is 1. The number of ether oxygens (including phenoxy) is 3. The number of rotatable bonds is 8. The summed E-state index contributed by atoms with van der Waals surface area (Å²) in [4.78, 5) is 22.5. The van der Waals surface area contributed by atoms with Gasteiger partial charge >= 0.3 is 0 Å². The molecule has 2 aromatic carbocycles. The molecule has 28 heavy (non-hydrogen) atoms. The highest BCUT2D eigenvalue weighted by atomic mass is 16.6. The minimum absolute atomic E-state index is 0.0359. The molecule has 1 amide bonds. The first kappa shape index (κ1) is 19.6. The van der Waals surface area contributed by atoms with Crippen LogP contribution in [0.5, 0.6) is 11.5 Å². The first-order chi connectivity index (χ1) is 13.5. The fourth-order valence-corrected chi connectivity index (χ4v) is 2.75. The first-order valence-electron chi connectivity index (χ1n) is 9.08. The van der Waals surface area contributed by atoms with Crippen molar-refractivity contribution in [1.29, 1.82) is 0 Å². The molecular weight excluding hydrogens is 364 g/mol. The number of amides is 1. The predicted octanol–water partition coefficient (Wildman–Crippen LogP) is 3.56. The first-order valence-corrected chi connectivity index (χ1v) is 9.08. The number of hydrogen-bond donors (Lipinski definition) is 1. The minimum atomic E-state index is -0.767. The van der Waals surface area contributed by atoms with Gasteiger partial charge in [0.2, 0.25) is 0 Å². The number of benzene rings is 2. The van der Waals surface area contributed by atoms with Crippen LogP contribution >= 0.6 is 0 Å². The Kier molecular flexibility index (Phi) is 6.44. The summed E-state index contributed by atoms with van der Waals surface area (Å²) in [6.45, 7) is 2.92. The Hall–Kier alpha value is -3.13. The molecule has 1 saturated heterocycles. The molecule has 0 aliphatic carbocycles. The molecule has 8 nitrogen and oxygen atoms in total. The summed E-state index contributed by atoms with van der Waals surface area (Å²) < 4.78 is 16.7. The highest BCUT2D eigenvalue weighted by Gasteiger charge is 2.17. The second-order valence-corrected chi connectivity index (χ2v) is 6.47. The molecule has 0 spiro atoms. The van der Waals surface area contributed by atoms with E-state index in [1.807, 2.05) is 0 Å². The van der Waals surface area contributed by atoms with Crippen molar-refractivity contribution in [3.8, 4) is 11.5 Å². The third-order valence-electron chi connectivity index (χ3n) is 4.31. The summed E-state index contributed by atoms with van der Waals surface area (Å²) in [6, 6.07) is 12.6. The SMILES string of the molecule is C[C@H](Oc1ccc([N+](=O)[O-])cc1)C(=O)Nc1ccc(OC[C@@H]2CCCO2)cc1. The van der Waals surface area contributed by atoms with Gasteiger partial charge in [0.05, 0.1) is 11.0 Å². The Morgan fingerprint density at radius 1 is 1.21 bits per heavy atom. The van der Waals surface area contributed by atoms with Crippen LogP contribution in [0.3, 0.4) is 0 Å². The smallest absolute Gasteiger partial charge is 0.269 e. The molecule has 0 unspecified atom stereocenters. The third-order valence-corrected chi connectivity index (χ3v) is 4.31. The van der Waals surface area contributed by atoms with Crippen molar-refractivity contribution in [3.63, 3.8) is 0 Å². The number of nitro benzene ring substituents is 1. The van der Waals surface area contributed by atoms with Crippen LogP contribution < -0.4 is 14.8 Å². The molecule has 0 radical (unpaired) electrons. The molecule has 3 rings (SSSR count). The Morgan fingerprint density at radius 2 is 1.89 bits per heavy atom. The number of carbonyl (C=O) groups excluding carboxylic acids is 1. The van der Waals surface area contributed by atoms with E-state index < -0.39 is 11.0 Å². The maximum absolute atomic E-state index is 12.3. The average molecular weight is 386 g/mol. The van der Waals surface area contributed by atoms with Crippen LogP contribution in [0, 0.1) is 10.1 Å². The summed E-state index contributed by atoms with van der Waals surface area (Å²) in [7, 11) is 0. The molecule has 2 aromatic rings. The van der Waals surface area contributed by atoms with Crippen LogP contribution in [0.4, 0.5) is 11.4 Å². The van der Waals surface area contributed by atoms with Gasteiger partial charge in [-0.2, -0.15) is 0 Å². The lowest BCUT2D eigenvalue weighted by Crippen LogP contribution is -2.30. The highest BCUT2D eigenvalue weighted by Crippen LogP contribution is 2.20. The molecule has 1 aliphatic rings. The highest BCUT2D eigenvalue weighted by molar-refractivity contribution is 5.94. The molecule has 0 aromatic heterocycles. The minimum Gasteiger partial charge on any atom is -0.491 e. The van der Waals surface area contributed by atoms with Gasteiger partial charge in [-0.05, 0) is 56.2 Å². The van der Waals surface area contributed by atoms with Crippen molar-refractivity contribution in [2.75, 3.05) is 18.5 Å². The van der Waals surface area contributed by atoms with E-state index in [0.29, 0.717) is 23.8 Å². The van der Waals surface area contributed by atoms with Crippen molar-refractivity contribution < 1.29 is 23.9 Å². The van der Waals surface area contributed by atoms with Crippen LogP contribution in [0.1, 0.15) is 19.8 Å². The molecule has 8 heteroatoms. The van der Waals surface area contributed by atoms with E-state index in [2.05, 4.69) is 5.32 Å². The van der Waals surface area contributed by atoms with Crippen LogP contribution in [0.15, 0.2) is 48.5 Å². The Labute approximate surface area is 162 Å². The lowest BCUT2D eigenvalue weighted by molar-refractivity contribution is -0.384. The molecule has 148 valence electrons. The number of carbonyl (C=O) groups is 1. The van der Waals surface area contributed by atoms with Gasteiger partial charge in [-0.25, -0.2) is 0 Å². The van der Waals surface area contributed by atoms with Crippen molar-refractivity contribution in [2.45, 2.75) is 32.0 Å². The van der Waals surface area contributed by atoms with E-state index in [9.17, 15) is 14.9 Å². The van der Waals surface area contributed by atoms with Gasteiger partial charge in [0.1, 0.15) is 18.1 Å². The van der Waals surface area contributed by atoms with Gasteiger partial charge in [-0.1, -0.05) is 0 Å². The van der Waals surface area contributed by atoms with Gasteiger partial charge in [0, 0.05) is 24.4 Å². The van der Waals surface area contributed by atoms with Crippen LogP contribution in [-0.4, -0.2) is 36.3 Å². The molecule has 2 atom stereocenters. The lowest BCUT2D eigenvalue weighted by Gasteiger charge is -2.15. The number of hydrogen-bond acceptors (Lipinski definition) is 6. The van der Waals surface area contributed by atoms with E-state index >= 15 is 0 Å². The zero-order valence-corrected chi connectivity index (χ0v) is 15.5. The van der Waals surface area contributed by atoms with Crippen LogP contribution in [0.2, 0.25) is 0 Å². The van der Waals surface area contributed by atoms with E-state index in [0.717, 1.165) is 19.4 Å². The Morgan fingerprint density at radius 3 is 2.50 bits per heavy atom. The zero-order valence-electron chi connectivity index (χ0n) is 15.5. The molecule has 1 fully saturated rings. The number of nitro groups is 1. The lowest BCUT2D eigenvalue weighted by atomic mass is 10.2. The molecule has 0 bridgehead atoms. The number of nitrogens with one attached hydrogen (secondary N) is 1. The quantitative estimate of drug-likeness (QED) is 0.550. The van der Waals surface area contributed by atoms with Gasteiger partial charge in [0.15, 0.2) is 6.10 Å². The van der Waals surface area contributed by atoms with E-state index in [1.54, 1.807) is 31.2 Å². The maximum Gasteiger partial charge on any atom is 0.269 e. The Bertz CT molecular complexity index is 800. The standard InChI is InChI=1S/C20H22N2O6/c1-14(28-18-10-6-16(7-11-18)22(24)25)20(23)21-15-4-8-17(9-5-15)27-13-19-3-2-12-26-19/h4-11,14,19H,2-3,12-13H2,1H3,(H,21,23)/t14-,19-/m0/s1.